The molecule has 34 heavy (non-hydrogen) atoms. The van der Waals surface area contributed by atoms with E-state index in [1.165, 1.54) is 6.07 Å². The molecule has 1 fully saturated rings. The summed E-state index contributed by atoms with van der Waals surface area (Å²) in [5.41, 5.74) is 1.91. The molecule has 0 aliphatic carbocycles. The summed E-state index contributed by atoms with van der Waals surface area (Å²) in [5.74, 6) is 1.34. The Bertz CT molecular complexity index is 1140. The van der Waals surface area contributed by atoms with E-state index in [4.69, 9.17) is 9.15 Å². The minimum atomic E-state index is -0.401. The van der Waals surface area contributed by atoms with E-state index in [1.54, 1.807) is 36.6 Å². The first-order chi connectivity index (χ1) is 16.4. The van der Waals surface area contributed by atoms with Crippen molar-refractivity contribution in [1.29, 1.82) is 0 Å². The highest BCUT2D eigenvalue weighted by atomic mass is 16.6. The van der Waals surface area contributed by atoms with Crippen molar-refractivity contribution in [3.63, 3.8) is 0 Å². The summed E-state index contributed by atoms with van der Waals surface area (Å²) < 4.78 is 11.0. The maximum atomic E-state index is 13.0. The van der Waals surface area contributed by atoms with Crippen LogP contribution in [-0.4, -0.2) is 48.0 Å². The number of furan rings is 1. The SMILES string of the molecule is CC(C)Oc1cccc(C(=O)N2CCN(c3ccc([N+](=O)[O-])c(NCc4ccco4)c3)CC2)c1. The lowest BCUT2D eigenvalue weighted by atomic mass is 10.1. The molecule has 178 valence electrons. The van der Waals surface area contributed by atoms with Gasteiger partial charge in [0.2, 0.25) is 0 Å². The summed E-state index contributed by atoms with van der Waals surface area (Å²) in [5, 5.41) is 14.6. The van der Waals surface area contributed by atoms with Crippen LogP contribution < -0.4 is 15.0 Å². The first-order valence-electron chi connectivity index (χ1n) is 11.3. The number of nitrogens with one attached hydrogen (secondary N) is 1. The molecule has 2 heterocycles. The van der Waals surface area contributed by atoms with E-state index in [0.29, 0.717) is 55.5 Å². The highest BCUT2D eigenvalue weighted by Gasteiger charge is 2.24. The number of carbonyl (C=O) groups is 1. The van der Waals surface area contributed by atoms with Crippen molar-refractivity contribution in [2.75, 3.05) is 36.4 Å². The first-order valence-corrected chi connectivity index (χ1v) is 11.3. The van der Waals surface area contributed by atoms with Crippen LogP contribution in [0, 0.1) is 10.1 Å². The molecule has 4 rings (SSSR count). The molecule has 1 aromatic heterocycles. The maximum Gasteiger partial charge on any atom is 0.292 e. The van der Waals surface area contributed by atoms with E-state index in [2.05, 4.69) is 10.2 Å². The van der Waals surface area contributed by atoms with Crippen LogP contribution in [0.1, 0.15) is 30.0 Å². The second-order valence-corrected chi connectivity index (χ2v) is 8.37. The molecule has 9 heteroatoms. The zero-order valence-electron chi connectivity index (χ0n) is 19.3. The number of amides is 1. The summed E-state index contributed by atoms with van der Waals surface area (Å²) in [6, 6.07) is 15.9. The van der Waals surface area contributed by atoms with Gasteiger partial charge in [-0.05, 0) is 56.3 Å². The summed E-state index contributed by atoms with van der Waals surface area (Å²) >= 11 is 0. The number of anilines is 2. The van der Waals surface area contributed by atoms with Crippen LogP contribution >= 0.6 is 0 Å². The fourth-order valence-electron chi connectivity index (χ4n) is 3.94. The Morgan fingerprint density at radius 3 is 2.59 bits per heavy atom. The van der Waals surface area contributed by atoms with Gasteiger partial charge in [-0.15, -0.1) is 0 Å². The zero-order chi connectivity index (χ0) is 24.1. The average Bonchev–Trinajstić information content (AvgIpc) is 3.35. The molecular weight excluding hydrogens is 436 g/mol. The van der Waals surface area contributed by atoms with E-state index in [-0.39, 0.29) is 17.7 Å². The lowest BCUT2D eigenvalue weighted by Crippen LogP contribution is -2.48. The Balaban J connectivity index is 1.42. The van der Waals surface area contributed by atoms with Gasteiger partial charge in [-0.25, -0.2) is 0 Å². The van der Waals surface area contributed by atoms with Crippen molar-refractivity contribution >= 4 is 23.0 Å². The van der Waals surface area contributed by atoms with Crippen LogP contribution in [0.2, 0.25) is 0 Å². The van der Waals surface area contributed by atoms with Gasteiger partial charge in [0.1, 0.15) is 17.2 Å². The predicted molar refractivity (Wildman–Crippen MR) is 129 cm³/mol. The minimum Gasteiger partial charge on any atom is -0.491 e. The van der Waals surface area contributed by atoms with Crippen molar-refractivity contribution < 1.29 is 18.9 Å². The van der Waals surface area contributed by atoms with Crippen molar-refractivity contribution in [3.8, 4) is 5.75 Å². The molecular formula is C25H28N4O5. The van der Waals surface area contributed by atoms with Gasteiger partial charge >= 0.3 is 0 Å². The molecule has 0 spiro atoms. The molecule has 2 aromatic carbocycles. The maximum absolute atomic E-state index is 13.0. The van der Waals surface area contributed by atoms with E-state index < -0.39 is 4.92 Å². The summed E-state index contributed by atoms with van der Waals surface area (Å²) in [4.78, 5) is 28.0. The highest BCUT2D eigenvalue weighted by molar-refractivity contribution is 5.94. The molecule has 0 radical (unpaired) electrons. The van der Waals surface area contributed by atoms with E-state index in [9.17, 15) is 14.9 Å². The third-order valence-electron chi connectivity index (χ3n) is 5.59. The van der Waals surface area contributed by atoms with Crippen LogP contribution in [0.3, 0.4) is 0 Å². The Hall–Kier alpha value is -4.01. The predicted octanol–water partition coefficient (Wildman–Crippen LogP) is 4.55. The topological polar surface area (TPSA) is 101 Å². The van der Waals surface area contributed by atoms with Gasteiger partial charge < -0.3 is 24.3 Å². The third-order valence-corrected chi connectivity index (χ3v) is 5.59. The molecule has 9 nitrogen and oxygen atoms in total. The number of carbonyl (C=O) groups excluding carboxylic acids is 1. The minimum absolute atomic E-state index is 0.00705. The van der Waals surface area contributed by atoms with Crippen molar-refractivity contribution in [2.45, 2.75) is 26.5 Å². The molecule has 0 atom stereocenters. The molecule has 3 aromatic rings. The smallest absolute Gasteiger partial charge is 0.292 e. The molecule has 1 aliphatic heterocycles. The monoisotopic (exact) mass is 464 g/mol. The van der Waals surface area contributed by atoms with Crippen molar-refractivity contribution in [3.05, 3.63) is 82.3 Å². The average molecular weight is 465 g/mol. The summed E-state index contributed by atoms with van der Waals surface area (Å²) in [6.07, 6.45) is 1.60. The molecule has 0 saturated carbocycles. The van der Waals surface area contributed by atoms with Gasteiger partial charge in [0.25, 0.3) is 11.6 Å². The second-order valence-electron chi connectivity index (χ2n) is 8.37. The van der Waals surface area contributed by atoms with Gasteiger partial charge in [0, 0.05) is 43.5 Å². The Morgan fingerprint density at radius 1 is 1.12 bits per heavy atom. The quantitative estimate of drug-likeness (QED) is 0.385. The van der Waals surface area contributed by atoms with Gasteiger partial charge in [0.15, 0.2) is 0 Å². The summed E-state index contributed by atoms with van der Waals surface area (Å²) in [6.45, 7) is 6.61. The van der Waals surface area contributed by atoms with Gasteiger partial charge in [-0.2, -0.15) is 0 Å². The number of benzene rings is 2. The van der Waals surface area contributed by atoms with Gasteiger partial charge in [-0.1, -0.05) is 6.07 Å². The standard InChI is InChI=1S/C25H28N4O5/c1-18(2)34-21-6-3-5-19(15-21)25(30)28-12-10-27(11-13-28)20-8-9-24(29(31)32)23(16-20)26-17-22-7-4-14-33-22/h3-9,14-16,18,26H,10-13,17H2,1-2H3. The van der Waals surface area contributed by atoms with Crippen molar-refractivity contribution in [1.82, 2.24) is 4.90 Å². The number of nitrogens with zero attached hydrogens (tertiary/aromatic N) is 3. The number of nitro groups is 1. The highest BCUT2D eigenvalue weighted by Crippen LogP contribution is 2.31. The fraction of sp³-hybridized carbons (Fsp3) is 0.320. The van der Waals surface area contributed by atoms with Gasteiger partial charge in [0.05, 0.1) is 23.8 Å². The van der Waals surface area contributed by atoms with Crippen molar-refractivity contribution in [2.24, 2.45) is 0 Å². The Kier molecular flexibility index (Phi) is 7.01. The van der Waals surface area contributed by atoms with E-state index >= 15 is 0 Å². The molecule has 1 saturated heterocycles. The van der Waals surface area contributed by atoms with E-state index in [0.717, 1.165) is 5.69 Å². The fourth-order valence-corrected chi connectivity index (χ4v) is 3.94. The lowest BCUT2D eigenvalue weighted by Gasteiger charge is -2.36. The first kappa shape index (κ1) is 23.2. The Labute approximate surface area is 198 Å². The molecule has 1 amide bonds. The van der Waals surface area contributed by atoms with Crippen LogP contribution in [0.4, 0.5) is 17.1 Å². The largest absolute Gasteiger partial charge is 0.491 e. The van der Waals surface area contributed by atoms with Crippen LogP contribution in [-0.2, 0) is 6.54 Å². The number of piperazine rings is 1. The van der Waals surface area contributed by atoms with E-state index in [1.807, 2.05) is 36.9 Å². The van der Waals surface area contributed by atoms with Gasteiger partial charge in [-0.3, -0.25) is 14.9 Å². The number of hydrogen-bond donors (Lipinski definition) is 1. The third kappa shape index (κ3) is 5.48. The zero-order valence-corrected chi connectivity index (χ0v) is 19.3. The number of rotatable bonds is 8. The molecule has 1 N–H and O–H groups in total. The second kappa shape index (κ2) is 10.3. The summed E-state index contributed by atoms with van der Waals surface area (Å²) in [7, 11) is 0. The number of hydrogen-bond acceptors (Lipinski definition) is 7. The molecule has 0 bridgehead atoms. The molecule has 1 aliphatic rings. The van der Waals surface area contributed by atoms with Crippen LogP contribution in [0.5, 0.6) is 5.75 Å². The lowest BCUT2D eigenvalue weighted by molar-refractivity contribution is -0.384. The Morgan fingerprint density at radius 2 is 1.91 bits per heavy atom. The number of ether oxygens (including phenoxy) is 1. The number of nitro benzene ring substituents is 1. The molecule has 0 unspecified atom stereocenters. The normalized spacial score (nSPS) is 13.7. The van der Waals surface area contributed by atoms with Crippen LogP contribution in [0.15, 0.2) is 65.3 Å². The van der Waals surface area contributed by atoms with Crippen LogP contribution in [0.25, 0.3) is 0 Å².